The number of nitrogens with two attached hydrogens (primary N) is 1. The first-order valence-corrected chi connectivity index (χ1v) is 3.35. The molecule has 0 aliphatic carbocycles. The summed E-state index contributed by atoms with van der Waals surface area (Å²) >= 11 is 0. The minimum atomic E-state index is -0.307. The Hall–Kier alpha value is -1.27. The molecule has 14 heavy (non-hydrogen) atoms. The van der Waals surface area contributed by atoms with E-state index in [2.05, 4.69) is 15.0 Å². The maximum absolute atomic E-state index is 11.2. The Morgan fingerprint density at radius 1 is 1.50 bits per heavy atom. The summed E-state index contributed by atoms with van der Waals surface area (Å²) in [6.07, 6.45) is 1.52. The number of nitrogens with one attached hydrogen (secondary N) is 1. The Kier molecular flexibility index (Phi) is 3.91. The minimum Gasteiger partial charge on any atom is -0.369 e. The summed E-state index contributed by atoms with van der Waals surface area (Å²) in [4.78, 5) is 21.3. The molecular weight excluding hydrogens is 229 g/mol. The highest BCUT2D eigenvalue weighted by Gasteiger charge is 2.05. The highest BCUT2D eigenvalue weighted by atomic mass is 35.5. The molecule has 3 N–H and O–H groups in total. The molecule has 2 heterocycles. The SMILES string of the molecule is Cl.Cl.Cn1cnc2c(=O)[nH]c(N)nc21. The van der Waals surface area contributed by atoms with Gasteiger partial charge < -0.3 is 10.3 Å². The lowest BCUT2D eigenvalue weighted by Crippen LogP contribution is -2.11. The predicted molar refractivity (Wildman–Crippen MR) is 58.0 cm³/mol. The van der Waals surface area contributed by atoms with Crippen LogP contribution < -0.4 is 11.3 Å². The van der Waals surface area contributed by atoms with Gasteiger partial charge in [-0.1, -0.05) is 0 Å². The van der Waals surface area contributed by atoms with Crippen molar-refractivity contribution in [3.63, 3.8) is 0 Å². The van der Waals surface area contributed by atoms with Gasteiger partial charge in [0.2, 0.25) is 5.95 Å². The molecule has 0 saturated heterocycles. The number of imidazole rings is 1. The number of hydrogen-bond donors (Lipinski definition) is 2. The number of aryl methyl sites for hydroxylation is 1. The Morgan fingerprint density at radius 2 is 2.14 bits per heavy atom. The fourth-order valence-corrected chi connectivity index (χ4v) is 1.03. The molecule has 0 atom stereocenters. The number of halogens is 2. The van der Waals surface area contributed by atoms with Gasteiger partial charge in [-0.25, -0.2) is 4.98 Å². The molecule has 2 aromatic rings. The van der Waals surface area contributed by atoms with Crippen molar-refractivity contribution in [2.45, 2.75) is 0 Å². The van der Waals surface area contributed by atoms with Crippen molar-refractivity contribution in [2.75, 3.05) is 5.73 Å². The average Bonchev–Trinajstić information content (AvgIpc) is 2.33. The molecule has 0 bridgehead atoms. The zero-order chi connectivity index (χ0) is 8.72. The number of fused-ring (bicyclic) bond motifs is 1. The van der Waals surface area contributed by atoms with Crippen LogP contribution in [0.3, 0.4) is 0 Å². The van der Waals surface area contributed by atoms with E-state index < -0.39 is 0 Å². The van der Waals surface area contributed by atoms with Crippen molar-refractivity contribution < 1.29 is 0 Å². The lowest BCUT2D eigenvalue weighted by molar-refractivity contribution is 0.929. The first-order valence-electron chi connectivity index (χ1n) is 3.35. The maximum Gasteiger partial charge on any atom is 0.280 e. The number of nitrogens with zero attached hydrogens (tertiary/aromatic N) is 3. The van der Waals surface area contributed by atoms with Crippen molar-refractivity contribution in [1.29, 1.82) is 0 Å². The van der Waals surface area contributed by atoms with Crippen LogP contribution in [0.1, 0.15) is 0 Å². The highest BCUT2D eigenvalue weighted by molar-refractivity contribution is 5.85. The standard InChI is InChI=1S/C6H7N5O.2ClH/c1-11-2-8-3-4(11)9-6(7)10-5(3)12;;/h2H,1H3,(H3,7,9,10,12);2*1H. The number of anilines is 1. The minimum absolute atomic E-state index is 0. The quantitative estimate of drug-likeness (QED) is 0.680. The van der Waals surface area contributed by atoms with Gasteiger partial charge in [-0.3, -0.25) is 9.78 Å². The van der Waals surface area contributed by atoms with Crippen molar-refractivity contribution in [2.24, 2.45) is 7.05 Å². The molecule has 0 aliphatic heterocycles. The van der Waals surface area contributed by atoms with Crippen LogP contribution in [-0.4, -0.2) is 19.5 Å². The molecule has 0 unspecified atom stereocenters. The molecule has 0 aliphatic rings. The normalized spacial score (nSPS) is 9.21. The van der Waals surface area contributed by atoms with Crippen LogP contribution in [0.2, 0.25) is 0 Å². The van der Waals surface area contributed by atoms with Crippen molar-refractivity contribution >= 4 is 41.9 Å². The summed E-state index contributed by atoms with van der Waals surface area (Å²) in [5, 5.41) is 0. The molecule has 6 nitrogen and oxygen atoms in total. The summed E-state index contributed by atoms with van der Waals surface area (Å²) in [6, 6.07) is 0. The number of aromatic nitrogens is 4. The third kappa shape index (κ3) is 1.80. The number of rotatable bonds is 0. The lowest BCUT2D eigenvalue weighted by atomic mass is 10.5. The van der Waals surface area contributed by atoms with E-state index in [1.54, 1.807) is 11.6 Å². The van der Waals surface area contributed by atoms with Crippen LogP contribution in [0.25, 0.3) is 11.2 Å². The van der Waals surface area contributed by atoms with Gasteiger partial charge in [-0.05, 0) is 0 Å². The molecule has 8 heteroatoms. The van der Waals surface area contributed by atoms with Crippen LogP contribution in [0.4, 0.5) is 5.95 Å². The van der Waals surface area contributed by atoms with E-state index in [4.69, 9.17) is 5.73 Å². The zero-order valence-electron chi connectivity index (χ0n) is 7.22. The molecule has 0 saturated carbocycles. The molecule has 0 amide bonds. The van der Waals surface area contributed by atoms with E-state index in [9.17, 15) is 4.79 Å². The largest absolute Gasteiger partial charge is 0.369 e. The van der Waals surface area contributed by atoms with E-state index in [0.717, 1.165) is 0 Å². The van der Waals surface area contributed by atoms with E-state index in [1.807, 2.05) is 0 Å². The van der Waals surface area contributed by atoms with Gasteiger partial charge in [0.1, 0.15) is 0 Å². The van der Waals surface area contributed by atoms with E-state index in [0.29, 0.717) is 11.2 Å². The summed E-state index contributed by atoms with van der Waals surface area (Å²) < 4.78 is 1.64. The summed E-state index contributed by atoms with van der Waals surface area (Å²) in [5.74, 6) is 0.108. The maximum atomic E-state index is 11.2. The average molecular weight is 238 g/mol. The first-order chi connectivity index (χ1) is 5.68. The summed E-state index contributed by atoms with van der Waals surface area (Å²) in [5.41, 5.74) is 5.85. The number of H-pyrrole nitrogens is 1. The molecule has 0 aromatic carbocycles. The van der Waals surface area contributed by atoms with Gasteiger partial charge in [0.15, 0.2) is 11.2 Å². The molecule has 0 radical (unpaired) electrons. The van der Waals surface area contributed by atoms with Crippen LogP contribution in [-0.2, 0) is 7.05 Å². The Labute approximate surface area is 91.4 Å². The predicted octanol–water partition coefficient (Wildman–Crippen LogP) is 0.0824. The molecule has 78 valence electrons. The third-order valence-electron chi connectivity index (χ3n) is 1.59. The van der Waals surface area contributed by atoms with Crippen LogP contribution in [0, 0.1) is 0 Å². The summed E-state index contributed by atoms with van der Waals surface area (Å²) in [6.45, 7) is 0. The Bertz CT molecular complexity index is 490. The van der Waals surface area contributed by atoms with Crippen molar-refractivity contribution in [3.8, 4) is 0 Å². The first kappa shape index (κ1) is 12.7. The van der Waals surface area contributed by atoms with Gasteiger partial charge in [0.25, 0.3) is 5.56 Å². The molecule has 2 rings (SSSR count). The van der Waals surface area contributed by atoms with E-state index in [-0.39, 0.29) is 36.3 Å². The molecule has 0 fully saturated rings. The van der Waals surface area contributed by atoms with Gasteiger partial charge in [-0.15, -0.1) is 24.8 Å². The fraction of sp³-hybridized carbons (Fsp3) is 0.167. The number of nitrogen functional groups attached to an aromatic ring is 1. The second-order valence-electron chi connectivity index (χ2n) is 2.48. The second-order valence-corrected chi connectivity index (χ2v) is 2.48. The van der Waals surface area contributed by atoms with Crippen LogP contribution in [0.5, 0.6) is 0 Å². The zero-order valence-corrected chi connectivity index (χ0v) is 8.85. The van der Waals surface area contributed by atoms with Gasteiger partial charge in [0, 0.05) is 7.05 Å². The van der Waals surface area contributed by atoms with Crippen molar-refractivity contribution in [1.82, 2.24) is 19.5 Å². The fourth-order valence-electron chi connectivity index (χ4n) is 1.03. The summed E-state index contributed by atoms with van der Waals surface area (Å²) in [7, 11) is 1.75. The van der Waals surface area contributed by atoms with Crippen LogP contribution >= 0.6 is 24.8 Å². The van der Waals surface area contributed by atoms with E-state index >= 15 is 0 Å². The van der Waals surface area contributed by atoms with Gasteiger partial charge in [0.05, 0.1) is 6.33 Å². The number of aromatic amines is 1. The van der Waals surface area contributed by atoms with Crippen molar-refractivity contribution in [3.05, 3.63) is 16.7 Å². The topological polar surface area (TPSA) is 89.6 Å². The number of hydrogen-bond acceptors (Lipinski definition) is 4. The smallest absolute Gasteiger partial charge is 0.280 e. The monoisotopic (exact) mass is 237 g/mol. The second kappa shape index (κ2) is 4.30. The molecular formula is C6H9Cl2N5O. The third-order valence-corrected chi connectivity index (χ3v) is 1.59. The molecule has 0 spiro atoms. The Balaban J connectivity index is 0.000000845. The van der Waals surface area contributed by atoms with Gasteiger partial charge >= 0.3 is 0 Å². The highest BCUT2D eigenvalue weighted by Crippen LogP contribution is 2.02. The van der Waals surface area contributed by atoms with E-state index in [1.165, 1.54) is 6.33 Å². The Morgan fingerprint density at radius 3 is 2.79 bits per heavy atom. The lowest BCUT2D eigenvalue weighted by Gasteiger charge is -1.93. The van der Waals surface area contributed by atoms with Crippen LogP contribution in [0.15, 0.2) is 11.1 Å². The molecule has 2 aromatic heterocycles. The van der Waals surface area contributed by atoms with Gasteiger partial charge in [-0.2, -0.15) is 4.98 Å².